The fourth-order valence-electron chi connectivity index (χ4n) is 1.90. The van der Waals surface area contributed by atoms with Crippen LogP contribution in [-0.4, -0.2) is 38.5 Å². The number of carbonyl (C=O) groups is 1. The van der Waals surface area contributed by atoms with Gasteiger partial charge in [0.25, 0.3) is 0 Å². The van der Waals surface area contributed by atoms with E-state index in [1.54, 1.807) is 18.2 Å². The number of nitrogens with two attached hydrogens (primary N) is 1. The molecule has 1 fully saturated rings. The second-order valence-electron chi connectivity index (χ2n) is 4.81. The first-order valence-corrected chi connectivity index (χ1v) is 7.42. The van der Waals surface area contributed by atoms with Gasteiger partial charge in [-0.15, -0.1) is 0 Å². The predicted molar refractivity (Wildman–Crippen MR) is 71.2 cm³/mol. The maximum Gasteiger partial charge on any atom is 0.314 e. The zero-order valence-electron chi connectivity index (χ0n) is 10.9. The van der Waals surface area contributed by atoms with E-state index in [-0.39, 0.29) is 10.9 Å². The number of likely N-dealkylation sites (tertiary alicyclic amines) is 1. The molecule has 1 aliphatic heterocycles. The Labute approximate surface area is 112 Å². The van der Waals surface area contributed by atoms with Crippen LogP contribution in [0, 0.1) is 13.8 Å². The molecule has 3 N–H and O–H groups in total. The highest BCUT2D eigenvalue weighted by molar-refractivity contribution is 7.89. The molecule has 1 saturated heterocycles. The number of aryl methyl sites for hydroxylation is 2. The minimum Gasteiger partial charge on any atom is -0.351 e. The Kier molecular flexibility index (Phi) is 3.51. The van der Waals surface area contributed by atoms with Crippen molar-refractivity contribution in [2.24, 2.45) is 5.73 Å². The number of rotatable bonds is 3. The van der Waals surface area contributed by atoms with Crippen LogP contribution >= 0.6 is 0 Å². The van der Waals surface area contributed by atoms with Gasteiger partial charge in [0.2, 0.25) is 10.0 Å². The molecule has 1 aromatic carbocycles. The number of nitrogens with one attached hydrogen (secondary N) is 1. The summed E-state index contributed by atoms with van der Waals surface area (Å²) in [5.41, 5.74) is 7.05. The topological polar surface area (TPSA) is 92.5 Å². The molecule has 1 aliphatic rings. The minimum atomic E-state index is -3.54. The van der Waals surface area contributed by atoms with Gasteiger partial charge in [0.1, 0.15) is 0 Å². The maximum atomic E-state index is 12.1. The van der Waals surface area contributed by atoms with Crippen LogP contribution in [0.2, 0.25) is 0 Å². The fourth-order valence-corrected chi connectivity index (χ4v) is 3.20. The van der Waals surface area contributed by atoms with Crippen molar-refractivity contribution in [3.05, 3.63) is 29.3 Å². The van der Waals surface area contributed by atoms with E-state index in [4.69, 9.17) is 5.73 Å². The Balaban J connectivity index is 2.07. The zero-order chi connectivity index (χ0) is 14.2. The first-order chi connectivity index (χ1) is 8.79. The highest BCUT2D eigenvalue weighted by Gasteiger charge is 2.32. The van der Waals surface area contributed by atoms with Crippen LogP contribution in [0.25, 0.3) is 0 Å². The maximum absolute atomic E-state index is 12.1. The lowest BCUT2D eigenvalue weighted by Crippen LogP contribution is -2.62. The molecule has 6 nitrogen and oxygen atoms in total. The summed E-state index contributed by atoms with van der Waals surface area (Å²) in [6.07, 6.45) is 0. The van der Waals surface area contributed by atoms with E-state index in [1.807, 2.05) is 13.8 Å². The number of sulfonamides is 1. The molecule has 0 spiro atoms. The summed E-state index contributed by atoms with van der Waals surface area (Å²) < 4.78 is 26.8. The van der Waals surface area contributed by atoms with Crippen molar-refractivity contribution in [3.63, 3.8) is 0 Å². The van der Waals surface area contributed by atoms with E-state index >= 15 is 0 Å². The van der Waals surface area contributed by atoms with Crippen molar-refractivity contribution in [3.8, 4) is 0 Å². The molecule has 0 radical (unpaired) electrons. The van der Waals surface area contributed by atoms with Crippen molar-refractivity contribution in [2.75, 3.05) is 13.1 Å². The van der Waals surface area contributed by atoms with Gasteiger partial charge in [-0.3, -0.25) is 0 Å². The van der Waals surface area contributed by atoms with Crippen LogP contribution in [0.5, 0.6) is 0 Å². The molecule has 0 aliphatic carbocycles. The molecule has 0 bridgehead atoms. The third kappa shape index (κ3) is 2.87. The molecule has 0 saturated carbocycles. The SMILES string of the molecule is Cc1ccc(S(=O)(=O)NC2CN(C(N)=O)C2)cc1C. The standard InChI is InChI=1S/C12H17N3O3S/c1-8-3-4-11(5-9(8)2)19(17,18)14-10-6-15(7-10)12(13)16/h3-5,10,14H,6-7H2,1-2H3,(H2,13,16). The second-order valence-corrected chi connectivity index (χ2v) is 6.52. The number of benzene rings is 1. The van der Waals surface area contributed by atoms with Crippen LogP contribution in [0.15, 0.2) is 23.1 Å². The van der Waals surface area contributed by atoms with Gasteiger partial charge >= 0.3 is 6.03 Å². The van der Waals surface area contributed by atoms with Gasteiger partial charge in [0.15, 0.2) is 0 Å². The second kappa shape index (κ2) is 4.82. The molecule has 104 valence electrons. The predicted octanol–water partition coefficient (Wildman–Crippen LogP) is 0.345. The summed E-state index contributed by atoms with van der Waals surface area (Å²) in [6, 6.07) is 4.21. The molecular weight excluding hydrogens is 266 g/mol. The number of nitrogens with zero attached hydrogens (tertiary/aromatic N) is 1. The van der Waals surface area contributed by atoms with E-state index in [9.17, 15) is 13.2 Å². The lowest BCUT2D eigenvalue weighted by molar-refractivity contribution is 0.155. The summed E-state index contributed by atoms with van der Waals surface area (Å²) in [4.78, 5) is 12.4. The van der Waals surface area contributed by atoms with Gasteiger partial charge in [-0.1, -0.05) is 6.07 Å². The summed E-state index contributed by atoms with van der Waals surface area (Å²) in [6.45, 7) is 4.43. The number of amides is 2. The van der Waals surface area contributed by atoms with Crippen LogP contribution < -0.4 is 10.5 Å². The minimum absolute atomic E-state index is 0.244. The summed E-state index contributed by atoms with van der Waals surface area (Å²) >= 11 is 0. The van der Waals surface area contributed by atoms with E-state index in [0.717, 1.165) is 11.1 Å². The normalized spacial score (nSPS) is 16.2. The van der Waals surface area contributed by atoms with Crippen molar-refractivity contribution < 1.29 is 13.2 Å². The molecule has 0 aromatic heterocycles. The molecule has 2 rings (SSSR count). The largest absolute Gasteiger partial charge is 0.351 e. The highest BCUT2D eigenvalue weighted by atomic mass is 32.2. The lowest BCUT2D eigenvalue weighted by Gasteiger charge is -2.37. The number of hydrogen-bond donors (Lipinski definition) is 2. The first kappa shape index (κ1) is 13.8. The van der Waals surface area contributed by atoms with Gasteiger partial charge in [0.05, 0.1) is 10.9 Å². The quantitative estimate of drug-likeness (QED) is 0.838. The molecule has 7 heteroatoms. The van der Waals surface area contributed by atoms with Crippen LogP contribution in [0.1, 0.15) is 11.1 Å². The summed E-state index contributed by atoms with van der Waals surface area (Å²) in [5, 5.41) is 0. The average molecular weight is 283 g/mol. The molecule has 1 aromatic rings. The number of primary amides is 1. The Morgan fingerprint density at radius 1 is 1.32 bits per heavy atom. The third-order valence-electron chi connectivity index (χ3n) is 3.30. The summed E-state index contributed by atoms with van der Waals surface area (Å²) in [5.74, 6) is 0. The Hall–Kier alpha value is -1.60. The monoisotopic (exact) mass is 283 g/mol. The highest BCUT2D eigenvalue weighted by Crippen LogP contribution is 2.16. The molecular formula is C12H17N3O3S. The van der Waals surface area contributed by atoms with Crippen molar-refractivity contribution in [1.29, 1.82) is 0 Å². The third-order valence-corrected chi connectivity index (χ3v) is 4.82. The van der Waals surface area contributed by atoms with Crippen molar-refractivity contribution >= 4 is 16.1 Å². The number of hydrogen-bond acceptors (Lipinski definition) is 3. The van der Waals surface area contributed by atoms with Gasteiger partial charge < -0.3 is 10.6 Å². The smallest absolute Gasteiger partial charge is 0.314 e. The van der Waals surface area contributed by atoms with E-state index in [0.29, 0.717) is 13.1 Å². The molecule has 1 heterocycles. The Morgan fingerprint density at radius 2 is 1.95 bits per heavy atom. The van der Waals surface area contributed by atoms with Crippen molar-refractivity contribution in [2.45, 2.75) is 24.8 Å². The van der Waals surface area contributed by atoms with Crippen LogP contribution in [0.3, 0.4) is 0 Å². The molecule has 0 unspecified atom stereocenters. The van der Waals surface area contributed by atoms with Crippen molar-refractivity contribution in [1.82, 2.24) is 9.62 Å². The Bertz CT molecular complexity index is 607. The number of urea groups is 1. The Morgan fingerprint density at radius 3 is 2.47 bits per heavy atom. The summed E-state index contributed by atoms with van der Waals surface area (Å²) in [7, 11) is -3.54. The van der Waals surface area contributed by atoms with Crippen LogP contribution in [0.4, 0.5) is 4.79 Å². The molecule has 0 atom stereocenters. The van der Waals surface area contributed by atoms with Gasteiger partial charge in [-0.2, -0.15) is 0 Å². The van der Waals surface area contributed by atoms with Crippen LogP contribution in [-0.2, 0) is 10.0 Å². The van der Waals surface area contributed by atoms with E-state index in [2.05, 4.69) is 4.72 Å². The molecule has 19 heavy (non-hydrogen) atoms. The van der Waals surface area contributed by atoms with Gasteiger partial charge in [0, 0.05) is 13.1 Å². The zero-order valence-corrected chi connectivity index (χ0v) is 11.7. The van der Waals surface area contributed by atoms with E-state index < -0.39 is 16.1 Å². The van der Waals surface area contributed by atoms with E-state index in [1.165, 1.54) is 4.90 Å². The molecule has 2 amide bonds. The lowest BCUT2D eigenvalue weighted by atomic mass is 10.1. The average Bonchev–Trinajstić information content (AvgIpc) is 2.26. The first-order valence-electron chi connectivity index (χ1n) is 5.93. The number of carbonyl (C=O) groups excluding carboxylic acids is 1. The van der Waals surface area contributed by atoms with Gasteiger partial charge in [-0.05, 0) is 37.1 Å². The fraction of sp³-hybridized carbons (Fsp3) is 0.417. The van der Waals surface area contributed by atoms with Gasteiger partial charge in [-0.25, -0.2) is 17.9 Å².